The summed E-state index contributed by atoms with van der Waals surface area (Å²) in [5.41, 5.74) is 1.90. The van der Waals surface area contributed by atoms with E-state index in [1.165, 1.54) is 10.7 Å². The van der Waals surface area contributed by atoms with E-state index in [1.54, 1.807) is 42.0 Å². The number of ether oxygens (including phenoxy) is 1. The summed E-state index contributed by atoms with van der Waals surface area (Å²) in [5, 5.41) is 4.21. The fraction of sp³-hybridized carbons (Fsp3) is 0.368. The minimum absolute atomic E-state index is 0.0709. The molecule has 1 saturated heterocycles. The van der Waals surface area contributed by atoms with Crippen molar-refractivity contribution in [1.82, 2.24) is 19.6 Å². The highest BCUT2D eigenvalue weighted by Crippen LogP contribution is 2.17. The molecule has 0 aliphatic carbocycles. The van der Waals surface area contributed by atoms with Gasteiger partial charge in [-0.3, -0.25) is 9.59 Å². The number of rotatable bonds is 3. The largest absolute Gasteiger partial charge is 0.450 e. The molecule has 0 bridgehead atoms. The van der Waals surface area contributed by atoms with E-state index in [2.05, 4.69) is 5.10 Å². The van der Waals surface area contributed by atoms with Crippen LogP contribution in [0.5, 0.6) is 0 Å². The number of hydrogen-bond donors (Lipinski definition) is 0. The van der Waals surface area contributed by atoms with Crippen LogP contribution in [-0.2, 0) is 11.8 Å². The summed E-state index contributed by atoms with van der Waals surface area (Å²) < 4.78 is 6.26. The van der Waals surface area contributed by atoms with Crippen LogP contribution < -0.4 is 5.56 Å². The Morgan fingerprint density at radius 1 is 1.00 bits per heavy atom. The van der Waals surface area contributed by atoms with Gasteiger partial charge in [0.05, 0.1) is 12.3 Å². The molecule has 1 fully saturated rings. The quantitative estimate of drug-likeness (QED) is 0.815. The minimum atomic E-state index is -0.335. The SMILES string of the molecule is CCOC(=O)N1CCN(C(=O)c2ccc(-c3ccc(=O)n(C)n3)cc2)CC1. The molecule has 3 rings (SSSR count). The first-order chi connectivity index (χ1) is 13.0. The summed E-state index contributed by atoms with van der Waals surface area (Å²) in [4.78, 5) is 39.2. The van der Waals surface area contributed by atoms with Crippen LogP contribution in [0, 0.1) is 0 Å². The van der Waals surface area contributed by atoms with Crippen LogP contribution >= 0.6 is 0 Å². The Hall–Kier alpha value is -3.16. The molecule has 2 amide bonds. The van der Waals surface area contributed by atoms with Crippen molar-refractivity contribution in [2.24, 2.45) is 7.05 Å². The van der Waals surface area contributed by atoms with Gasteiger partial charge < -0.3 is 14.5 Å². The molecule has 0 radical (unpaired) electrons. The number of aromatic nitrogens is 2. The number of hydrogen-bond acceptors (Lipinski definition) is 5. The second kappa shape index (κ2) is 8.03. The van der Waals surface area contributed by atoms with E-state index in [9.17, 15) is 14.4 Å². The van der Waals surface area contributed by atoms with Crippen LogP contribution in [0.1, 0.15) is 17.3 Å². The van der Waals surface area contributed by atoms with Gasteiger partial charge in [-0.25, -0.2) is 9.48 Å². The van der Waals surface area contributed by atoms with Gasteiger partial charge in [0.2, 0.25) is 0 Å². The van der Waals surface area contributed by atoms with Crippen LogP contribution in [0.15, 0.2) is 41.2 Å². The van der Waals surface area contributed by atoms with Crippen LogP contribution in [0.4, 0.5) is 4.79 Å². The molecule has 142 valence electrons. The Kier molecular flexibility index (Phi) is 5.54. The monoisotopic (exact) mass is 370 g/mol. The highest BCUT2D eigenvalue weighted by atomic mass is 16.6. The highest BCUT2D eigenvalue weighted by molar-refractivity contribution is 5.94. The second-order valence-corrected chi connectivity index (χ2v) is 6.24. The molecule has 0 saturated carbocycles. The first-order valence-electron chi connectivity index (χ1n) is 8.85. The van der Waals surface area contributed by atoms with Gasteiger partial charge in [0.15, 0.2) is 0 Å². The Morgan fingerprint density at radius 3 is 2.22 bits per heavy atom. The maximum Gasteiger partial charge on any atom is 0.409 e. The molecule has 1 aliphatic heterocycles. The lowest BCUT2D eigenvalue weighted by atomic mass is 10.1. The number of carbonyl (C=O) groups is 2. The van der Waals surface area contributed by atoms with Crippen molar-refractivity contribution < 1.29 is 14.3 Å². The zero-order chi connectivity index (χ0) is 19.4. The molecule has 2 aromatic rings. The van der Waals surface area contributed by atoms with E-state index in [0.717, 1.165) is 5.56 Å². The molecular formula is C19H22N4O4. The maximum atomic E-state index is 12.7. The summed E-state index contributed by atoms with van der Waals surface area (Å²) in [5.74, 6) is -0.0709. The van der Waals surface area contributed by atoms with Gasteiger partial charge in [0.1, 0.15) is 0 Å². The maximum absolute atomic E-state index is 12.7. The van der Waals surface area contributed by atoms with Crippen molar-refractivity contribution in [2.45, 2.75) is 6.92 Å². The number of aryl methyl sites for hydroxylation is 1. The average Bonchev–Trinajstić information content (AvgIpc) is 2.70. The normalized spacial score (nSPS) is 14.1. The van der Waals surface area contributed by atoms with Crippen LogP contribution in [-0.4, -0.2) is 64.4 Å². The number of amides is 2. The van der Waals surface area contributed by atoms with Crippen molar-refractivity contribution in [1.29, 1.82) is 0 Å². The van der Waals surface area contributed by atoms with Crippen molar-refractivity contribution in [3.05, 3.63) is 52.3 Å². The topological polar surface area (TPSA) is 84.7 Å². The molecule has 1 aromatic carbocycles. The van der Waals surface area contributed by atoms with E-state index in [1.807, 2.05) is 12.1 Å². The summed E-state index contributed by atoms with van der Waals surface area (Å²) in [7, 11) is 1.60. The molecule has 0 N–H and O–H groups in total. The highest BCUT2D eigenvalue weighted by Gasteiger charge is 2.25. The third-order valence-electron chi connectivity index (χ3n) is 4.48. The van der Waals surface area contributed by atoms with Crippen LogP contribution in [0.25, 0.3) is 11.3 Å². The van der Waals surface area contributed by atoms with Crippen molar-refractivity contribution in [3.8, 4) is 11.3 Å². The third kappa shape index (κ3) is 4.16. The molecular weight excluding hydrogens is 348 g/mol. The number of benzene rings is 1. The zero-order valence-electron chi connectivity index (χ0n) is 15.4. The molecule has 0 atom stereocenters. The molecule has 0 spiro atoms. The Morgan fingerprint density at radius 2 is 1.63 bits per heavy atom. The minimum Gasteiger partial charge on any atom is -0.450 e. The van der Waals surface area contributed by atoms with Crippen molar-refractivity contribution in [2.75, 3.05) is 32.8 Å². The summed E-state index contributed by atoms with van der Waals surface area (Å²) in [6.07, 6.45) is -0.335. The Labute approximate surface area is 157 Å². The van der Waals surface area contributed by atoms with E-state index < -0.39 is 0 Å². The second-order valence-electron chi connectivity index (χ2n) is 6.24. The number of nitrogens with zero attached hydrogens (tertiary/aromatic N) is 4. The molecule has 27 heavy (non-hydrogen) atoms. The predicted molar refractivity (Wildman–Crippen MR) is 99.4 cm³/mol. The first-order valence-corrected chi connectivity index (χ1v) is 8.85. The number of piperazine rings is 1. The summed E-state index contributed by atoms with van der Waals surface area (Å²) in [6.45, 7) is 3.99. The predicted octanol–water partition coefficient (Wildman–Crippen LogP) is 1.36. The van der Waals surface area contributed by atoms with Crippen molar-refractivity contribution in [3.63, 3.8) is 0 Å². The smallest absolute Gasteiger partial charge is 0.409 e. The Bertz CT molecular complexity index is 883. The van der Waals surface area contributed by atoms with E-state index >= 15 is 0 Å². The summed E-state index contributed by atoms with van der Waals surface area (Å²) in [6, 6.07) is 10.3. The molecule has 0 unspecified atom stereocenters. The zero-order valence-corrected chi connectivity index (χ0v) is 15.4. The lowest BCUT2D eigenvalue weighted by Gasteiger charge is -2.34. The van der Waals surface area contributed by atoms with E-state index in [-0.39, 0.29) is 17.6 Å². The van der Waals surface area contributed by atoms with Crippen LogP contribution in [0.3, 0.4) is 0 Å². The Balaban J connectivity index is 1.65. The fourth-order valence-corrected chi connectivity index (χ4v) is 2.93. The van der Waals surface area contributed by atoms with Gasteiger partial charge in [0, 0.05) is 50.4 Å². The molecule has 2 heterocycles. The fourth-order valence-electron chi connectivity index (χ4n) is 2.93. The number of carbonyl (C=O) groups excluding carboxylic acids is 2. The molecule has 8 nitrogen and oxygen atoms in total. The lowest BCUT2D eigenvalue weighted by molar-refractivity contribution is 0.0570. The van der Waals surface area contributed by atoms with Gasteiger partial charge >= 0.3 is 6.09 Å². The van der Waals surface area contributed by atoms with Gasteiger partial charge in [-0.1, -0.05) is 12.1 Å². The summed E-state index contributed by atoms with van der Waals surface area (Å²) >= 11 is 0. The third-order valence-corrected chi connectivity index (χ3v) is 4.48. The van der Waals surface area contributed by atoms with Gasteiger partial charge in [-0.05, 0) is 25.1 Å². The average molecular weight is 370 g/mol. The van der Waals surface area contributed by atoms with Crippen LogP contribution in [0.2, 0.25) is 0 Å². The molecule has 1 aromatic heterocycles. The van der Waals surface area contributed by atoms with Gasteiger partial charge in [-0.2, -0.15) is 5.10 Å². The lowest BCUT2D eigenvalue weighted by Crippen LogP contribution is -2.50. The van der Waals surface area contributed by atoms with E-state index in [0.29, 0.717) is 44.0 Å². The first kappa shape index (κ1) is 18.6. The van der Waals surface area contributed by atoms with Crippen molar-refractivity contribution >= 4 is 12.0 Å². The van der Waals surface area contributed by atoms with E-state index in [4.69, 9.17) is 4.74 Å². The van der Waals surface area contributed by atoms with Gasteiger partial charge in [-0.15, -0.1) is 0 Å². The molecule has 8 heteroatoms. The van der Waals surface area contributed by atoms with Gasteiger partial charge in [0.25, 0.3) is 11.5 Å². The molecule has 1 aliphatic rings. The standard InChI is InChI=1S/C19H22N4O4/c1-3-27-19(26)23-12-10-22(11-13-23)18(25)15-6-4-14(5-7-15)16-8-9-17(24)21(2)20-16/h4-9H,3,10-13H2,1-2H3.